The number of esters is 1. The van der Waals surface area contributed by atoms with Crippen LogP contribution in [0.3, 0.4) is 0 Å². The van der Waals surface area contributed by atoms with E-state index in [9.17, 15) is 9.90 Å². The number of aryl methyl sites for hydroxylation is 1. The lowest BCUT2D eigenvalue weighted by Gasteiger charge is -2.28. The van der Waals surface area contributed by atoms with E-state index in [4.69, 9.17) is 4.74 Å². The molecule has 1 aromatic rings. The average Bonchev–Trinajstić information content (AvgIpc) is 3.36. The number of carbonyl (C=O) groups excluding carboxylic acids is 1. The van der Waals surface area contributed by atoms with E-state index in [0.717, 1.165) is 46.6 Å². The third-order valence-electron chi connectivity index (χ3n) is 7.71. The predicted molar refractivity (Wildman–Crippen MR) is 145 cm³/mol. The number of fused-ring (bicyclic) bond motifs is 2. The second kappa shape index (κ2) is 11.7. The summed E-state index contributed by atoms with van der Waals surface area (Å²) in [5.74, 6) is 3.64. The average molecular weight is 489 g/mol. The standard InChI is InChI=1S/C30H48O3S/c1-29(2,3)24-18-22(19-25(28(24)32)30(4,5)6)12-14-27(31)33-15-9-7-8-10-16-34-26-20-21-11-13-23(26)17-21/h18-19,21,23,26,32H,7-17,20H2,1-6H3. The van der Waals surface area contributed by atoms with E-state index >= 15 is 0 Å². The van der Waals surface area contributed by atoms with E-state index < -0.39 is 0 Å². The summed E-state index contributed by atoms with van der Waals surface area (Å²) >= 11 is 2.22. The first kappa shape index (κ1) is 27.4. The molecule has 3 unspecified atom stereocenters. The van der Waals surface area contributed by atoms with Crippen molar-refractivity contribution in [3.05, 3.63) is 28.8 Å². The van der Waals surface area contributed by atoms with Gasteiger partial charge in [-0.25, -0.2) is 0 Å². The summed E-state index contributed by atoms with van der Waals surface area (Å²) in [7, 11) is 0. The minimum absolute atomic E-state index is 0.116. The summed E-state index contributed by atoms with van der Waals surface area (Å²) in [6.07, 6.45) is 11.6. The Morgan fingerprint density at radius 2 is 1.62 bits per heavy atom. The second-order valence-electron chi connectivity index (χ2n) is 12.8. The van der Waals surface area contributed by atoms with Gasteiger partial charge in [0.1, 0.15) is 5.75 Å². The van der Waals surface area contributed by atoms with Crippen LogP contribution in [0.4, 0.5) is 0 Å². The highest BCUT2D eigenvalue weighted by molar-refractivity contribution is 7.99. The maximum Gasteiger partial charge on any atom is 0.306 e. The number of phenolic OH excluding ortho intramolecular Hbond substituents is 1. The summed E-state index contributed by atoms with van der Waals surface area (Å²) in [6.45, 7) is 13.2. The fraction of sp³-hybridized carbons (Fsp3) is 0.767. The maximum atomic E-state index is 12.3. The van der Waals surface area contributed by atoms with Crippen molar-refractivity contribution in [2.75, 3.05) is 12.4 Å². The number of hydrogen-bond donors (Lipinski definition) is 1. The number of hydrogen-bond acceptors (Lipinski definition) is 4. The molecule has 0 aromatic heterocycles. The van der Waals surface area contributed by atoms with Crippen molar-refractivity contribution in [1.29, 1.82) is 0 Å². The molecular formula is C30H48O3S. The van der Waals surface area contributed by atoms with Crippen molar-refractivity contribution in [2.24, 2.45) is 11.8 Å². The van der Waals surface area contributed by atoms with Crippen LogP contribution in [-0.4, -0.2) is 28.7 Å². The fourth-order valence-corrected chi connectivity index (χ4v) is 7.27. The lowest BCUT2D eigenvalue weighted by atomic mass is 9.78. The molecule has 3 rings (SSSR count). The zero-order valence-corrected chi connectivity index (χ0v) is 23.4. The molecule has 1 N–H and O–H groups in total. The van der Waals surface area contributed by atoms with Gasteiger partial charge < -0.3 is 9.84 Å². The van der Waals surface area contributed by atoms with Gasteiger partial charge in [0.2, 0.25) is 0 Å². The number of phenols is 1. The van der Waals surface area contributed by atoms with E-state index in [1.54, 1.807) is 0 Å². The second-order valence-corrected chi connectivity index (χ2v) is 14.1. The number of ether oxygens (including phenoxy) is 1. The van der Waals surface area contributed by atoms with Crippen LogP contribution in [0, 0.1) is 11.8 Å². The molecule has 2 bridgehead atoms. The van der Waals surface area contributed by atoms with E-state index in [0.29, 0.717) is 25.2 Å². The molecule has 1 aromatic carbocycles. The Labute approximate surface area is 212 Å². The molecule has 0 radical (unpaired) electrons. The predicted octanol–water partition coefficient (Wildman–Crippen LogP) is 7.95. The number of thioether (sulfide) groups is 1. The van der Waals surface area contributed by atoms with Gasteiger partial charge in [0.15, 0.2) is 0 Å². The Hall–Kier alpha value is -1.16. The Balaban J connectivity index is 1.33. The number of carbonyl (C=O) groups is 1. The molecule has 0 heterocycles. The van der Waals surface area contributed by atoms with E-state index in [-0.39, 0.29) is 16.8 Å². The first-order valence-electron chi connectivity index (χ1n) is 13.6. The number of benzene rings is 1. The van der Waals surface area contributed by atoms with Crippen molar-refractivity contribution in [3.8, 4) is 5.75 Å². The molecule has 2 aliphatic rings. The van der Waals surface area contributed by atoms with Gasteiger partial charge in [-0.2, -0.15) is 11.8 Å². The van der Waals surface area contributed by atoms with Gasteiger partial charge in [-0.15, -0.1) is 0 Å². The van der Waals surface area contributed by atoms with Gasteiger partial charge in [-0.1, -0.05) is 72.9 Å². The first-order chi connectivity index (χ1) is 15.9. The Morgan fingerprint density at radius 1 is 0.971 bits per heavy atom. The molecule has 0 amide bonds. The lowest BCUT2D eigenvalue weighted by Crippen LogP contribution is -2.18. The molecule has 0 aliphatic heterocycles. The van der Waals surface area contributed by atoms with Crippen molar-refractivity contribution in [3.63, 3.8) is 0 Å². The molecular weight excluding hydrogens is 440 g/mol. The molecule has 3 nitrogen and oxygen atoms in total. The van der Waals surface area contributed by atoms with Crippen molar-refractivity contribution in [1.82, 2.24) is 0 Å². The monoisotopic (exact) mass is 488 g/mol. The lowest BCUT2D eigenvalue weighted by molar-refractivity contribution is -0.143. The molecule has 3 atom stereocenters. The van der Waals surface area contributed by atoms with Crippen LogP contribution in [0.1, 0.15) is 116 Å². The van der Waals surface area contributed by atoms with Crippen LogP contribution in [0.5, 0.6) is 5.75 Å². The summed E-state index contributed by atoms with van der Waals surface area (Å²) in [5.41, 5.74) is 2.67. The molecule has 2 aliphatic carbocycles. The van der Waals surface area contributed by atoms with Gasteiger partial charge in [-0.05, 0) is 83.6 Å². The van der Waals surface area contributed by atoms with Crippen molar-refractivity contribution in [2.45, 2.75) is 122 Å². The minimum Gasteiger partial charge on any atom is -0.507 e. The molecule has 4 heteroatoms. The van der Waals surface area contributed by atoms with Gasteiger partial charge in [0.25, 0.3) is 0 Å². The highest BCUT2D eigenvalue weighted by atomic mass is 32.2. The summed E-state index contributed by atoms with van der Waals surface area (Å²) in [6, 6.07) is 4.12. The van der Waals surface area contributed by atoms with Crippen molar-refractivity contribution >= 4 is 17.7 Å². The molecule has 2 fully saturated rings. The van der Waals surface area contributed by atoms with Crippen LogP contribution in [0.15, 0.2) is 12.1 Å². The first-order valence-corrected chi connectivity index (χ1v) is 14.6. The smallest absolute Gasteiger partial charge is 0.306 e. The number of unbranched alkanes of at least 4 members (excludes halogenated alkanes) is 3. The zero-order chi connectivity index (χ0) is 24.9. The maximum absolute atomic E-state index is 12.3. The van der Waals surface area contributed by atoms with Gasteiger partial charge in [0, 0.05) is 11.7 Å². The minimum atomic E-state index is -0.157. The third kappa shape index (κ3) is 7.67. The van der Waals surface area contributed by atoms with Crippen LogP contribution >= 0.6 is 11.8 Å². The van der Waals surface area contributed by atoms with Gasteiger partial charge in [0.05, 0.1) is 6.61 Å². The zero-order valence-electron chi connectivity index (χ0n) is 22.5. The SMILES string of the molecule is CC(C)(C)c1cc(CCC(=O)OCCCCCCSC2CC3CCC2C3)cc(C(C)(C)C)c1O. The molecule has 192 valence electrons. The van der Waals surface area contributed by atoms with Crippen LogP contribution < -0.4 is 0 Å². The highest BCUT2D eigenvalue weighted by Crippen LogP contribution is 2.49. The Morgan fingerprint density at radius 3 is 2.18 bits per heavy atom. The van der Waals surface area contributed by atoms with Crippen LogP contribution in [0.25, 0.3) is 0 Å². The van der Waals surface area contributed by atoms with Crippen LogP contribution in [-0.2, 0) is 26.8 Å². The number of aromatic hydroxyl groups is 1. The van der Waals surface area contributed by atoms with E-state index in [2.05, 4.69) is 65.4 Å². The van der Waals surface area contributed by atoms with Crippen LogP contribution in [0.2, 0.25) is 0 Å². The summed E-state index contributed by atoms with van der Waals surface area (Å²) < 4.78 is 5.51. The summed E-state index contributed by atoms with van der Waals surface area (Å²) in [5, 5.41) is 11.8. The Bertz CT molecular complexity index is 782. The molecule has 34 heavy (non-hydrogen) atoms. The van der Waals surface area contributed by atoms with Gasteiger partial charge >= 0.3 is 5.97 Å². The highest BCUT2D eigenvalue weighted by Gasteiger charge is 2.39. The van der Waals surface area contributed by atoms with Gasteiger partial charge in [-0.3, -0.25) is 4.79 Å². The summed E-state index contributed by atoms with van der Waals surface area (Å²) in [4.78, 5) is 12.3. The Kier molecular flexibility index (Phi) is 9.45. The fourth-order valence-electron chi connectivity index (χ4n) is 5.67. The topological polar surface area (TPSA) is 46.5 Å². The number of rotatable bonds is 11. The van der Waals surface area contributed by atoms with E-state index in [1.165, 1.54) is 44.3 Å². The molecule has 2 saturated carbocycles. The molecule has 0 saturated heterocycles. The molecule has 0 spiro atoms. The quantitative estimate of drug-likeness (QED) is 0.254. The third-order valence-corrected chi connectivity index (χ3v) is 9.24. The van der Waals surface area contributed by atoms with E-state index in [1.807, 2.05) is 0 Å². The normalized spacial score (nSPS) is 22.4. The van der Waals surface area contributed by atoms with Crippen molar-refractivity contribution < 1.29 is 14.6 Å². The largest absolute Gasteiger partial charge is 0.507 e.